The maximum Gasteiger partial charge on any atom is 0.408 e. The van der Waals surface area contributed by atoms with Crippen LogP contribution in [0.4, 0.5) is 4.79 Å². The van der Waals surface area contributed by atoms with Crippen LogP contribution in [0.5, 0.6) is 0 Å². The second-order valence-electron chi connectivity index (χ2n) is 4.78. The molecule has 94 valence electrons. The smallest absolute Gasteiger partial charge is 0.408 e. The minimum Gasteiger partial charge on any atom is -0.444 e. The molecule has 0 saturated carbocycles. The molecule has 2 atom stereocenters. The fraction of sp³-hybridized carbons (Fsp3) is 0.818. The molecule has 0 fully saturated rings. The van der Waals surface area contributed by atoms with E-state index in [1.807, 2.05) is 0 Å². The molecule has 2 N–H and O–H groups in total. The van der Waals surface area contributed by atoms with Gasteiger partial charge in [-0.3, -0.25) is 4.79 Å². The Morgan fingerprint density at radius 2 is 1.81 bits per heavy atom. The topological polar surface area (TPSA) is 67.4 Å². The Bertz CT molecular complexity index is 276. The van der Waals surface area contributed by atoms with Crippen molar-refractivity contribution in [2.45, 2.75) is 59.2 Å². The maximum atomic E-state index is 11.5. The zero-order chi connectivity index (χ0) is 13.6. The highest BCUT2D eigenvalue weighted by molar-refractivity contribution is 5.85. The first-order valence-corrected chi connectivity index (χ1v) is 5.25. The Kier molecular flexibility index (Phi) is 4.58. The van der Waals surface area contributed by atoms with E-state index in [2.05, 4.69) is 10.6 Å². The molecular weight excluding hydrogens is 208 g/mol. The van der Waals surface area contributed by atoms with Crippen LogP contribution in [0, 0.1) is 0 Å². The third-order valence-corrected chi connectivity index (χ3v) is 1.52. The first kappa shape index (κ1) is 12.8. The molecule has 0 aromatic rings. The lowest BCUT2D eigenvalue weighted by Gasteiger charge is -2.22. The molecule has 0 bridgehead atoms. The average Bonchev–Trinajstić information content (AvgIpc) is 2.14. The summed E-state index contributed by atoms with van der Waals surface area (Å²) >= 11 is 0. The van der Waals surface area contributed by atoms with E-state index in [1.165, 1.54) is 0 Å². The zero-order valence-corrected chi connectivity index (χ0v) is 10.6. The standard InChI is InChI=1S/C11H22N2O3/c1-7(2)12-9(14)8(3)13-10(15)16-11(4,5)6/h7-8H,1-6H3,(H,12,14)(H,13,15)/t8-/m0/s1/i1D/t7?,8-. The lowest BCUT2D eigenvalue weighted by molar-refractivity contribution is -0.123. The van der Waals surface area contributed by atoms with E-state index < -0.39 is 17.7 Å². The fourth-order valence-corrected chi connectivity index (χ4v) is 0.918. The van der Waals surface area contributed by atoms with E-state index in [4.69, 9.17) is 6.11 Å². The quantitative estimate of drug-likeness (QED) is 0.772. The molecule has 0 saturated heterocycles. The van der Waals surface area contributed by atoms with E-state index in [9.17, 15) is 9.59 Å². The second-order valence-corrected chi connectivity index (χ2v) is 4.78. The van der Waals surface area contributed by atoms with Gasteiger partial charge in [-0.05, 0) is 41.5 Å². The van der Waals surface area contributed by atoms with Gasteiger partial charge in [0.2, 0.25) is 5.91 Å². The normalized spacial score (nSPS) is 15.7. The van der Waals surface area contributed by atoms with E-state index in [1.54, 1.807) is 34.6 Å². The van der Waals surface area contributed by atoms with Crippen molar-refractivity contribution in [3.05, 3.63) is 0 Å². The Morgan fingerprint density at radius 3 is 2.25 bits per heavy atom. The largest absolute Gasteiger partial charge is 0.444 e. The Morgan fingerprint density at radius 1 is 1.25 bits per heavy atom. The summed E-state index contributed by atoms with van der Waals surface area (Å²) in [4.78, 5) is 22.9. The maximum absolute atomic E-state index is 11.5. The van der Waals surface area contributed by atoms with E-state index in [0.29, 0.717) is 0 Å². The third kappa shape index (κ3) is 7.09. The van der Waals surface area contributed by atoms with Crippen molar-refractivity contribution in [2.75, 3.05) is 0 Å². The summed E-state index contributed by atoms with van der Waals surface area (Å²) in [6.45, 7) is 8.64. The molecule has 0 spiro atoms. The fourth-order valence-electron chi connectivity index (χ4n) is 0.918. The molecule has 0 heterocycles. The third-order valence-electron chi connectivity index (χ3n) is 1.52. The molecule has 0 aromatic carbocycles. The van der Waals surface area contributed by atoms with Crippen molar-refractivity contribution in [3.63, 3.8) is 0 Å². The van der Waals surface area contributed by atoms with Gasteiger partial charge in [0, 0.05) is 7.41 Å². The number of amides is 2. The van der Waals surface area contributed by atoms with Crippen molar-refractivity contribution in [3.8, 4) is 0 Å². The summed E-state index contributed by atoms with van der Waals surface area (Å²) in [5.74, 6) is -0.324. The Hall–Kier alpha value is -1.26. The highest BCUT2D eigenvalue weighted by Crippen LogP contribution is 2.06. The van der Waals surface area contributed by atoms with Gasteiger partial charge < -0.3 is 15.4 Å². The summed E-state index contributed by atoms with van der Waals surface area (Å²) in [6.07, 6.45) is -0.626. The summed E-state index contributed by atoms with van der Waals surface area (Å²) in [6, 6.07) is -0.913. The van der Waals surface area contributed by atoms with Gasteiger partial charge in [0.05, 0.1) is 0 Å². The van der Waals surface area contributed by atoms with Gasteiger partial charge in [-0.1, -0.05) is 0 Å². The number of rotatable bonds is 3. The highest BCUT2D eigenvalue weighted by atomic mass is 16.6. The molecule has 0 aromatic heterocycles. The second kappa shape index (κ2) is 5.72. The first-order chi connectivity index (χ1) is 7.65. The summed E-state index contributed by atoms with van der Waals surface area (Å²) in [5.41, 5.74) is -0.589. The first-order valence-electron chi connectivity index (χ1n) is 5.95. The molecule has 1 unspecified atom stereocenters. The molecule has 0 aliphatic rings. The summed E-state index contributed by atoms with van der Waals surface area (Å²) in [5, 5.41) is 5.03. The van der Waals surface area contributed by atoms with Crippen molar-refractivity contribution in [2.24, 2.45) is 0 Å². The molecule has 16 heavy (non-hydrogen) atoms. The lowest BCUT2D eigenvalue weighted by Crippen LogP contribution is -2.48. The SMILES string of the molecule is [2H]CC(C)NC(=O)[C@H](C)NC(=O)OC(C)(C)C. The number of carbonyl (C=O) groups excluding carboxylic acids is 2. The van der Waals surface area contributed by atoms with Crippen LogP contribution in [-0.2, 0) is 9.53 Å². The van der Waals surface area contributed by atoms with Crippen LogP contribution in [0.15, 0.2) is 0 Å². The number of ether oxygens (including phenoxy) is 1. The minimum atomic E-state index is -0.682. The predicted molar refractivity (Wildman–Crippen MR) is 62.1 cm³/mol. The molecule has 5 heteroatoms. The number of alkyl carbamates (subject to hydrolysis) is 1. The van der Waals surface area contributed by atoms with Crippen LogP contribution >= 0.6 is 0 Å². The molecule has 5 nitrogen and oxygen atoms in total. The van der Waals surface area contributed by atoms with Gasteiger partial charge in [-0.2, -0.15) is 0 Å². The summed E-state index contributed by atoms with van der Waals surface area (Å²) in [7, 11) is 0. The Labute approximate surface area is 98.3 Å². The number of carbonyl (C=O) groups is 2. The molecule has 0 radical (unpaired) electrons. The van der Waals surface area contributed by atoms with Crippen molar-refractivity contribution >= 4 is 12.0 Å². The van der Waals surface area contributed by atoms with E-state index >= 15 is 0 Å². The zero-order valence-electron chi connectivity index (χ0n) is 11.6. The molecular formula is C11H22N2O3. The van der Waals surface area contributed by atoms with E-state index in [-0.39, 0.29) is 18.8 Å². The van der Waals surface area contributed by atoms with Crippen LogP contribution in [0.1, 0.15) is 42.9 Å². The number of nitrogens with one attached hydrogen (secondary N) is 2. The average molecular weight is 231 g/mol. The highest BCUT2D eigenvalue weighted by Gasteiger charge is 2.20. The number of hydrogen-bond acceptors (Lipinski definition) is 3. The van der Waals surface area contributed by atoms with Crippen molar-refractivity contribution < 1.29 is 15.7 Å². The predicted octanol–water partition coefficient (Wildman–Crippen LogP) is 1.42. The molecule has 2 amide bonds. The van der Waals surface area contributed by atoms with E-state index in [0.717, 1.165) is 0 Å². The van der Waals surface area contributed by atoms with Gasteiger partial charge in [0.1, 0.15) is 11.6 Å². The molecule has 0 aliphatic heterocycles. The monoisotopic (exact) mass is 231 g/mol. The van der Waals surface area contributed by atoms with Crippen molar-refractivity contribution in [1.82, 2.24) is 10.6 Å². The number of hydrogen-bond donors (Lipinski definition) is 2. The van der Waals surface area contributed by atoms with Gasteiger partial charge in [-0.25, -0.2) is 4.79 Å². The minimum absolute atomic E-state index is 0.102. The lowest BCUT2D eigenvalue weighted by atomic mass is 10.2. The van der Waals surface area contributed by atoms with Crippen LogP contribution in [-0.4, -0.2) is 29.7 Å². The van der Waals surface area contributed by atoms with Crippen LogP contribution in [0.25, 0.3) is 0 Å². The Balaban J connectivity index is 4.12. The van der Waals surface area contributed by atoms with Gasteiger partial charge >= 0.3 is 6.09 Å². The van der Waals surface area contributed by atoms with Crippen LogP contribution in [0.2, 0.25) is 0 Å². The van der Waals surface area contributed by atoms with Gasteiger partial charge in [0.25, 0.3) is 0 Å². The van der Waals surface area contributed by atoms with Crippen molar-refractivity contribution in [1.29, 1.82) is 0 Å². The van der Waals surface area contributed by atoms with Crippen LogP contribution < -0.4 is 10.6 Å². The molecule has 0 rings (SSSR count). The summed E-state index contributed by atoms with van der Waals surface area (Å²) < 4.78 is 12.1. The van der Waals surface area contributed by atoms with Crippen LogP contribution in [0.3, 0.4) is 0 Å². The molecule has 0 aliphatic carbocycles. The van der Waals surface area contributed by atoms with Gasteiger partial charge in [-0.15, -0.1) is 0 Å². The van der Waals surface area contributed by atoms with Gasteiger partial charge in [0.15, 0.2) is 0 Å².